The van der Waals surface area contributed by atoms with Gasteiger partial charge >= 0.3 is 23.9 Å². The van der Waals surface area contributed by atoms with E-state index in [1.165, 1.54) is 26.2 Å². The lowest BCUT2D eigenvalue weighted by molar-refractivity contribution is -0.144. The van der Waals surface area contributed by atoms with Crippen molar-refractivity contribution in [1.82, 2.24) is 10.2 Å². The van der Waals surface area contributed by atoms with Crippen molar-refractivity contribution in [3.8, 4) is 0 Å². The fraction of sp³-hybridized carbons (Fsp3) is 0.458. The van der Waals surface area contributed by atoms with Crippen molar-refractivity contribution >= 4 is 35.5 Å². The molecule has 1 saturated heterocycles. The minimum Gasteiger partial charge on any atom is -0.467 e. The Hall–Kier alpha value is -3.89. The van der Waals surface area contributed by atoms with Gasteiger partial charge in [-0.2, -0.15) is 0 Å². The van der Waals surface area contributed by atoms with E-state index in [9.17, 15) is 19.2 Å². The number of aliphatic imine (C=N–C) groups is 1. The molecule has 0 saturated carbocycles. The summed E-state index contributed by atoms with van der Waals surface area (Å²) < 4.78 is 15.0. The maximum Gasteiger partial charge on any atom is 0.357 e. The maximum atomic E-state index is 13.5. The van der Waals surface area contributed by atoms with Crippen LogP contribution in [0.2, 0.25) is 0 Å². The minimum absolute atomic E-state index is 0.0407. The summed E-state index contributed by atoms with van der Waals surface area (Å²) in [6.45, 7) is 5.41. The summed E-state index contributed by atoms with van der Waals surface area (Å²) in [5.41, 5.74) is -0.693. The molecule has 35 heavy (non-hydrogen) atoms. The minimum atomic E-state index is -1.13. The Morgan fingerprint density at radius 3 is 2.31 bits per heavy atom. The van der Waals surface area contributed by atoms with Crippen LogP contribution in [0.4, 0.5) is 10.5 Å². The zero-order chi connectivity index (χ0) is 25.7. The SMILES string of the molecule is COC(=O)C1=C(C(=O)OC)[C@@H]2Nc3ccccc3[C@@]23C[C@@H](C(=O)OC)N(C(=O)NC(C)(C)C)C3=N1. The largest absolute Gasteiger partial charge is 0.467 e. The predicted molar refractivity (Wildman–Crippen MR) is 125 cm³/mol. The number of fused-ring (bicyclic) bond motifs is 1. The number of hydrogen-bond donors (Lipinski definition) is 2. The Morgan fingerprint density at radius 1 is 1.06 bits per heavy atom. The molecule has 0 bridgehead atoms. The molecule has 186 valence electrons. The summed E-state index contributed by atoms with van der Waals surface area (Å²) in [6, 6.07) is 4.79. The van der Waals surface area contributed by atoms with Gasteiger partial charge < -0.3 is 24.8 Å². The molecule has 0 aliphatic carbocycles. The Kier molecular flexibility index (Phi) is 5.82. The smallest absolute Gasteiger partial charge is 0.357 e. The van der Waals surface area contributed by atoms with E-state index in [1.54, 1.807) is 20.8 Å². The lowest BCUT2D eigenvalue weighted by atomic mass is 9.69. The summed E-state index contributed by atoms with van der Waals surface area (Å²) >= 11 is 0. The van der Waals surface area contributed by atoms with Gasteiger partial charge in [-0.05, 0) is 38.8 Å². The molecule has 3 aliphatic heterocycles. The van der Waals surface area contributed by atoms with E-state index >= 15 is 0 Å². The number of amides is 2. The van der Waals surface area contributed by atoms with Crippen LogP contribution in [-0.4, -0.2) is 73.6 Å². The molecule has 1 aromatic carbocycles. The number of anilines is 1. The lowest BCUT2D eigenvalue weighted by Crippen LogP contribution is -2.57. The molecular formula is C24H28N4O7. The Bertz CT molecular complexity index is 1180. The van der Waals surface area contributed by atoms with Gasteiger partial charge in [0.2, 0.25) is 0 Å². The van der Waals surface area contributed by atoms with E-state index in [0.717, 1.165) is 5.56 Å². The molecule has 0 unspecified atom stereocenters. The van der Waals surface area contributed by atoms with Crippen LogP contribution in [0, 0.1) is 0 Å². The zero-order valence-corrected chi connectivity index (χ0v) is 20.4. The van der Waals surface area contributed by atoms with Crippen molar-refractivity contribution in [3.63, 3.8) is 0 Å². The second kappa shape index (κ2) is 8.40. The van der Waals surface area contributed by atoms with E-state index in [-0.39, 0.29) is 23.5 Å². The Labute approximate surface area is 202 Å². The molecule has 2 N–H and O–H groups in total. The molecule has 0 radical (unpaired) electrons. The monoisotopic (exact) mass is 484 g/mol. The van der Waals surface area contributed by atoms with Crippen LogP contribution in [0.25, 0.3) is 0 Å². The second-order valence-corrected chi connectivity index (χ2v) is 9.57. The van der Waals surface area contributed by atoms with E-state index in [1.807, 2.05) is 24.3 Å². The third-order valence-corrected chi connectivity index (χ3v) is 6.37. The van der Waals surface area contributed by atoms with Gasteiger partial charge in [0.05, 0.1) is 38.4 Å². The number of carbonyl (C=O) groups excluding carboxylic acids is 4. The first-order chi connectivity index (χ1) is 16.5. The first kappa shape index (κ1) is 24.2. The number of urea groups is 1. The first-order valence-corrected chi connectivity index (χ1v) is 11.1. The molecule has 11 heteroatoms. The Balaban J connectivity index is 2.03. The van der Waals surface area contributed by atoms with E-state index in [0.29, 0.717) is 5.69 Å². The summed E-state index contributed by atoms with van der Waals surface area (Å²) in [5.74, 6) is -2.15. The first-order valence-electron chi connectivity index (χ1n) is 11.1. The lowest BCUT2D eigenvalue weighted by Gasteiger charge is -2.37. The number of nitrogens with zero attached hydrogens (tertiary/aromatic N) is 2. The molecule has 3 heterocycles. The molecule has 1 spiro atoms. The molecule has 1 aromatic rings. The summed E-state index contributed by atoms with van der Waals surface area (Å²) in [7, 11) is 3.60. The highest BCUT2D eigenvalue weighted by atomic mass is 16.5. The van der Waals surface area contributed by atoms with Gasteiger partial charge in [-0.25, -0.2) is 24.2 Å². The summed E-state index contributed by atoms with van der Waals surface area (Å²) in [5, 5.41) is 6.16. The van der Waals surface area contributed by atoms with Crippen molar-refractivity contribution in [2.24, 2.45) is 4.99 Å². The van der Waals surface area contributed by atoms with Gasteiger partial charge in [-0.1, -0.05) is 18.2 Å². The number of methoxy groups -OCH3 is 3. The van der Waals surface area contributed by atoms with Crippen LogP contribution in [0.15, 0.2) is 40.5 Å². The van der Waals surface area contributed by atoms with Crippen LogP contribution < -0.4 is 10.6 Å². The van der Waals surface area contributed by atoms with Gasteiger partial charge in [0.25, 0.3) is 0 Å². The zero-order valence-electron chi connectivity index (χ0n) is 20.4. The van der Waals surface area contributed by atoms with E-state index < -0.39 is 47.0 Å². The third-order valence-electron chi connectivity index (χ3n) is 6.37. The number of ether oxygens (including phenoxy) is 3. The van der Waals surface area contributed by atoms with Crippen LogP contribution in [0.5, 0.6) is 0 Å². The Morgan fingerprint density at radius 2 is 1.71 bits per heavy atom. The highest BCUT2D eigenvalue weighted by Gasteiger charge is 2.66. The van der Waals surface area contributed by atoms with E-state index in [4.69, 9.17) is 14.2 Å². The highest BCUT2D eigenvalue weighted by molar-refractivity contribution is 6.17. The number of carbonyl (C=O) groups is 4. The average Bonchev–Trinajstić information content (AvgIpc) is 3.34. The van der Waals surface area contributed by atoms with Crippen LogP contribution in [0.1, 0.15) is 32.8 Å². The maximum absolute atomic E-state index is 13.5. The molecule has 11 nitrogen and oxygen atoms in total. The average molecular weight is 485 g/mol. The molecule has 1 fully saturated rings. The number of hydrogen-bond acceptors (Lipinski definition) is 9. The van der Waals surface area contributed by atoms with Gasteiger partial charge in [0.15, 0.2) is 5.70 Å². The normalized spacial score (nSPS) is 24.4. The molecule has 3 atom stereocenters. The van der Waals surface area contributed by atoms with Crippen molar-refractivity contribution in [2.45, 2.75) is 50.2 Å². The second-order valence-electron chi connectivity index (χ2n) is 9.57. The number of likely N-dealkylation sites (tertiary alicyclic amines) is 1. The fourth-order valence-electron chi connectivity index (χ4n) is 5.05. The standard InChI is InChI=1S/C24H28N4O7/c1-23(2,3)27-22(32)28-14(18(29)33-4)11-24-12-9-7-8-10-13(12)25-17(24)15(19(30)34-5)16(20(31)35-6)26-21(24)28/h7-10,14,17,25H,11H2,1-6H3,(H,27,32)/t14-,17-,24-/m0/s1. The molecule has 3 aliphatic rings. The van der Waals surface area contributed by atoms with Crippen LogP contribution >= 0.6 is 0 Å². The topological polar surface area (TPSA) is 136 Å². The summed E-state index contributed by atoms with van der Waals surface area (Å²) in [6.07, 6.45) is 0.0691. The van der Waals surface area contributed by atoms with Crippen molar-refractivity contribution in [2.75, 3.05) is 26.6 Å². The van der Waals surface area contributed by atoms with Crippen molar-refractivity contribution < 1.29 is 33.4 Å². The number of benzene rings is 1. The van der Waals surface area contributed by atoms with Gasteiger partial charge in [0.1, 0.15) is 11.9 Å². The molecular weight excluding hydrogens is 456 g/mol. The van der Waals surface area contributed by atoms with Gasteiger partial charge in [0, 0.05) is 11.2 Å². The number of esters is 3. The van der Waals surface area contributed by atoms with Crippen molar-refractivity contribution in [3.05, 3.63) is 41.1 Å². The van der Waals surface area contributed by atoms with Gasteiger partial charge in [-0.15, -0.1) is 0 Å². The van der Waals surface area contributed by atoms with Crippen LogP contribution in [0.3, 0.4) is 0 Å². The van der Waals surface area contributed by atoms with Gasteiger partial charge in [-0.3, -0.25) is 4.90 Å². The number of rotatable bonds is 3. The number of amidine groups is 1. The molecule has 4 rings (SSSR count). The quantitative estimate of drug-likeness (QED) is 0.487. The molecule has 2 amide bonds. The predicted octanol–water partition coefficient (Wildman–Crippen LogP) is 1.49. The van der Waals surface area contributed by atoms with E-state index in [2.05, 4.69) is 15.6 Å². The highest BCUT2D eigenvalue weighted by Crippen LogP contribution is 2.55. The number of para-hydroxylation sites is 1. The fourth-order valence-corrected chi connectivity index (χ4v) is 5.05. The summed E-state index contributed by atoms with van der Waals surface area (Å²) in [4.78, 5) is 58.0. The van der Waals surface area contributed by atoms with Crippen molar-refractivity contribution in [1.29, 1.82) is 0 Å². The number of nitrogens with one attached hydrogen (secondary N) is 2. The van der Waals surface area contributed by atoms with Crippen LogP contribution in [-0.2, 0) is 34.0 Å². The molecule has 0 aromatic heterocycles. The third kappa shape index (κ3) is 3.62.